The number of halogens is 3. The summed E-state index contributed by atoms with van der Waals surface area (Å²) in [5.74, 6) is -1.36. The third-order valence-corrected chi connectivity index (χ3v) is 4.01. The summed E-state index contributed by atoms with van der Waals surface area (Å²) in [4.78, 5) is 8.63. The Morgan fingerprint density at radius 2 is 1.89 bits per heavy atom. The Hall–Kier alpha value is -3.42. The van der Waals surface area contributed by atoms with Crippen LogP contribution in [0.3, 0.4) is 0 Å². The Morgan fingerprint density at radius 3 is 2.67 bits per heavy atom. The number of hydrogen-bond acceptors (Lipinski definition) is 4. The molecule has 0 unspecified atom stereocenters. The van der Waals surface area contributed by atoms with Crippen molar-refractivity contribution in [2.24, 2.45) is 0 Å². The van der Waals surface area contributed by atoms with Crippen LogP contribution in [0.15, 0.2) is 61.1 Å². The Balaban J connectivity index is 1.72. The van der Waals surface area contributed by atoms with Crippen LogP contribution in [0.4, 0.5) is 13.2 Å². The summed E-state index contributed by atoms with van der Waals surface area (Å²) in [5.41, 5.74) is 3.40. The van der Waals surface area contributed by atoms with E-state index in [9.17, 15) is 13.2 Å². The Labute approximate surface area is 152 Å². The molecule has 5 nitrogen and oxygen atoms in total. The Morgan fingerprint density at radius 1 is 1.00 bits per heavy atom. The summed E-state index contributed by atoms with van der Waals surface area (Å²) in [7, 11) is 0. The number of ether oxygens (including phenoxy) is 1. The molecular weight excluding hydrogens is 357 g/mol. The fourth-order valence-electron chi connectivity index (χ4n) is 2.75. The van der Waals surface area contributed by atoms with Crippen LogP contribution in [0, 0.1) is 5.82 Å². The predicted molar refractivity (Wildman–Crippen MR) is 92.9 cm³/mol. The van der Waals surface area contributed by atoms with E-state index in [1.165, 1.54) is 12.1 Å². The molecule has 0 N–H and O–H groups in total. The molecule has 0 bridgehead atoms. The average molecular weight is 370 g/mol. The quantitative estimate of drug-likeness (QED) is 0.526. The van der Waals surface area contributed by atoms with Crippen molar-refractivity contribution in [3.8, 4) is 16.9 Å². The molecule has 4 aromatic rings. The molecule has 4 rings (SSSR count). The predicted octanol–water partition coefficient (Wildman–Crippen LogP) is 4.28. The van der Waals surface area contributed by atoms with Gasteiger partial charge in [0.15, 0.2) is 11.6 Å². The van der Waals surface area contributed by atoms with Gasteiger partial charge in [-0.1, -0.05) is 12.1 Å². The highest BCUT2D eigenvalue weighted by Crippen LogP contribution is 2.29. The van der Waals surface area contributed by atoms with Crippen molar-refractivity contribution in [2.75, 3.05) is 0 Å². The first kappa shape index (κ1) is 17.0. The first-order chi connectivity index (χ1) is 13.1. The van der Waals surface area contributed by atoms with Crippen LogP contribution >= 0.6 is 0 Å². The van der Waals surface area contributed by atoms with E-state index in [0.717, 1.165) is 17.3 Å². The summed E-state index contributed by atoms with van der Waals surface area (Å²) in [6, 6.07) is 11.2. The molecule has 0 atom stereocenters. The van der Waals surface area contributed by atoms with Crippen LogP contribution in [-0.2, 0) is 6.54 Å². The molecule has 0 spiro atoms. The zero-order valence-corrected chi connectivity index (χ0v) is 13.9. The molecule has 3 aromatic heterocycles. The molecule has 8 heteroatoms. The van der Waals surface area contributed by atoms with Gasteiger partial charge in [0.05, 0.1) is 24.0 Å². The Kier molecular flexibility index (Phi) is 4.45. The van der Waals surface area contributed by atoms with Crippen molar-refractivity contribution in [2.45, 2.75) is 13.2 Å². The van der Waals surface area contributed by atoms with Crippen molar-refractivity contribution >= 4 is 11.0 Å². The lowest BCUT2D eigenvalue weighted by atomic mass is 10.1. The van der Waals surface area contributed by atoms with E-state index in [4.69, 9.17) is 0 Å². The second kappa shape index (κ2) is 7.06. The molecule has 0 amide bonds. The molecule has 27 heavy (non-hydrogen) atoms. The first-order valence-electron chi connectivity index (χ1n) is 8.06. The first-order valence-corrected chi connectivity index (χ1v) is 8.06. The van der Waals surface area contributed by atoms with Crippen LogP contribution in [-0.4, -0.2) is 26.4 Å². The molecule has 136 valence electrons. The third kappa shape index (κ3) is 3.59. The monoisotopic (exact) mass is 370 g/mol. The fourth-order valence-corrected chi connectivity index (χ4v) is 2.75. The standard InChI is InChI=1S/C19H13F3N4O/c20-15-5-4-12(8-18(15)27-19(21)22)13-7-17-16(24-9-13)10-25-26(17)11-14-3-1-2-6-23-14/h1-10,19H,11H2. The van der Waals surface area contributed by atoms with Gasteiger partial charge in [-0.2, -0.15) is 13.9 Å². The number of fused-ring (bicyclic) bond motifs is 1. The molecule has 0 aliphatic rings. The van der Waals surface area contributed by atoms with E-state index >= 15 is 0 Å². The molecule has 0 aliphatic heterocycles. The number of benzene rings is 1. The lowest BCUT2D eigenvalue weighted by Crippen LogP contribution is -2.04. The number of rotatable bonds is 5. The van der Waals surface area contributed by atoms with Gasteiger partial charge in [-0.05, 0) is 35.9 Å². The topological polar surface area (TPSA) is 52.8 Å². The second-order valence-electron chi connectivity index (χ2n) is 5.78. The van der Waals surface area contributed by atoms with Crippen molar-refractivity contribution in [1.82, 2.24) is 19.7 Å². The number of alkyl halides is 2. The molecule has 0 saturated heterocycles. The summed E-state index contributed by atoms with van der Waals surface area (Å²) in [6.45, 7) is -2.64. The summed E-state index contributed by atoms with van der Waals surface area (Å²) in [6.07, 6.45) is 4.92. The van der Waals surface area contributed by atoms with Gasteiger partial charge in [0.25, 0.3) is 0 Å². The van der Waals surface area contributed by atoms with E-state index in [1.54, 1.807) is 23.3 Å². The van der Waals surface area contributed by atoms with Gasteiger partial charge in [-0.15, -0.1) is 0 Å². The minimum Gasteiger partial charge on any atom is -0.432 e. The largest absolute Gasteiger partial charge is 0.432 e. The lowest BCUT2D eigenvalue weighted by Gasteiger charge is -2.09. The van der Waals surface area contributed by atoms with Crippen molar-refractivity contribution in [1.29, 1.82) is 0 Å². The Bertz CT molecular complexity index is 1080. The lowest BCUT2D eigenvalue weighted by molar-refractivity contribution is -0.0521. The fraction of sp³-hybridized carbons (Fsp3) is 0.105. The van der Waals surface area contributed by atoms with E-state index in [-0.39, 0.29) is 0 Å². The molecular formula is C19H13F3N4O. The van der Waals surface area contributed by atoms with Gasteiger partial charge in [-0.25, -0.2) is 4.39 Å². The van der Waals surface area contributed by atoms with E-state index in [2.05, 4.69) is 19.8 Å². The van der Waals surface area contributed by atoms with Crippen LogP contribution in [0.25, 0.3) is 22.2 Å². The molecule has 0 saturated carbocycles. The maximum absolute atomic E-state index is 13.7. The van der Waals surface area contributed by atoms with Crippen molar-refractivity contribution < 1.29 is 17.9 Å². The highest BCUT2D eigenvalue weighted by Gasteiger charge is 2.13. The maximum Gasteiger partial charge on any atom is 0.387 e. The molecule has 0 aliphatic carbocycles. The maximum atomic E-state index is 13.7. The second-order valence-corrected chi connectivity index (χ2v) is 5.78. The normalized spacial score (nSPS) is 11.3. The summed E-state index contributed by atoms with van der Waals surface area (Å²) < 4.78 is 44.5. The van der Waals surface area contributed by atoms with Gasteiger partial charge in [-0.3, -0.25) is 14.6 Å². The summed E-state index contributed by atoms with van der Waals surface area (Å²) >= 11 is 0. The molecule has 0 fully saturated rings. The van der Waals surface area contributed by atoms with E-state index < -0.39 is 18.2 Å². The molecule has 3 heterocycles. The highest BCUT2D eigenvalue weighted by atomic mass is 19.3. The minimum atomic E-state index is -3.10. The summed E-state index contributed by atoms with van der Waals surface area (Å²) in [5, 5.41) is 4.33. The smallest absolute Gasteiger partial charge is 0.387 e. The van der Waals surface area contributed by atoms with Gasteiger partial charge < -0.3 is 4.74 Å². The van der Waals surface area contributed by atoms with Gasteiger partial charge >= 0.3 is 6.61 Å². The van der Waals surface area contributed by atoms with Crippen LogP contribution in [0.1, 0.15) is 5.69 Å². The van der Waals surface area contributed by atoms with Crippen LogP contribution in [0.5, 0.6) is 5.75 Å². The van der Waals surface area contributed by atoms with Crippen molar-refractivity contribution in [3.05, 3.63) is 72.6 Å². The average Bonchev–Trinajstić information content (AvgIpc) is 3.06. The highest BCUT2D eigenvalue weighted by molar-refractivity contribution is 5.80. The van der Waals surface area contributed by atoms with Gasteiger partial charge in [0.2, 0.25) is 0 Å². The van der Waals surface area contributed by atoms with Gasteiger partial charge in [0, 0.05) is 18.0 Å². The van der Waals surface area contributed by atoms with Gasteiger partial charge in [0.1, 0.15) is 5.52 Å². The van der Waals surface area contributed by atoms with Crippen LogP contribution in [0.2, 0.25) is 0 Å². The number of pyridine rings is 2. The number of nitrogens with zero attached hydrogens (tertiary/aromatic N) is 4. The molecule has 0 radical (unpaired) electrons. The van der Waals surface area contributed by atoms with E-state index in [0.29, 0.717) is 23.2 Å². The zero-order chi connectivity index (χ0) is 18.8. The minimum absolute atomic E-state index is 0.457. The number of aromatic nitrogens is 4. The van der Waals surface area contributed by atoms with Crippen LogP contribution < -0.4 is 4.74 Å². The molecule has 1 aromatic carbocycles. The number of hydrogen-bond donors (Lipinski definition) is 0. The third-order valence-electron chi connectivity index (χ3n) is 4.01. The zero-order valence-electron chi connectivity index (χ0n) is 13.9. The van der Waals surface area contributed by atoms with E-state index in [1.807, 2.05) is 24.3 Å². The SMILES string of the molecule is Fc1ccc(-c2cnc3cnn(Cc4ccccn4)c3c2)cc1OC(F)F. The van der Waals surface area contributed by atoms with Crippen molar-refractivity contribution in [3.63, 3.8) is 0 Å².